The molecule has 1 aliphatic rings. The summed E-state index contributed by atoms with van der Waals surface area (Å²) in [4.78, 5) is 2.62. The number of anilines is 1. The highest BCUT2D eigenvalue weighted by atomic mass is 32.2. The lowest BCUT2D eigenvalue weighted by atomic mass is 10.3. The molecule has 1 aliphatic heterocycles. The normalized spacial score (nSPS) is 19.1. The lowest BCUT2D eigenvalue weighted by Crippen LogP contribution is -2.32. The number of thiocarbonyl (C=S) groups is 1. The Hall–Kier alpha value is -1.18. The van der Waals surface area contributed by atoms with Gasteiger partial charge in [-0.15, -0.1) is 0 Å². The summed E-state index contributed by atoms with van der Waals surface area (Å²) in [5, 5.41) is 9.56. The first kappa shape index (κ1) is 16.2. The van der Waals surface area contributed by atoms with E-state index in [9.17, 15) is 13.5 Å². The highest BCUT2D eigenvalue weighted by Gasteiger charge is 2.34. The third kappa shape index (κ3) is 3.20. The second-order valence-electron chi connectivity index (χ2n) is 4.95. The maximum atomic E-state index is 12.5. The zero-order chi connectivity index (χ0) is 15.6. The summed E-state index contributed by atoms with van der Waals surface area (Å²) in [6.07, 6.45) is -0.478. The number of hydrogen-bond acceptors (Lipinski definition) is 5. The molecular weight excluding hydrogens is 308 g/mol. The van der Waals surface area contributed by atoms with Gasteiger partial charge in [-0.1, -0.05) is 12.2 Å². The van der Waals surface area contributed by atoms with Crippen molar-refractivity contribution in [1.29, 1.82) is 0 Å². The molecule has 1 aromatic rings. The van der Waals surface area contributed by atoms with Crippen LogP contribution < -0.4 is 4.90 Å². The molecule has 1 fully saturated rings. The Morgan fingerprint density at radius 1 is 1.29 bits per heavy atom. The largest absolute Gasteiger partial charge is 0.391 e. The summed E-state index contributed by atoms with van der Waals surface area (Å²) in [5.41, 5.74) is 0.989. The van der Waals surface area contributed by atoms with Crippen LogP contribution in [0.3, 0.4) is 0 Å². The van der Waals surface area contributed by atoms with E-state index in [-0.39, 0.29) is 22.8 Å². The van der Waals surface area contributed by atoms with Gasteiger partial charge in [0.1, 0.15) is 0 Å². The Balaban J connectivity index is 2.27. The van der Waals surface area contributed by atoms with Gasteiger partial charge in [-0.05, 0) is 38.1 Å². The molecule has 0 aliphatic carbocycles. The van der Waals surface area contributed by atoms with Crippen molar-refractivity contribution >= 4 is 32.9 Å². The summed E-state index contributed by atoms with van der Waals surface area (Å²) in [5.74, 6) is 0. The standard InChI is InChI=1S/C14H20N2O3S2/c1-3-15(4-2)11-5-7-13(8-6-11)21(18,19)16-10-12(17)9-14(16)20/h5-8,12,17H,3-4,9-10H2,1-2H3. The van der Waals surface area contributed by atoms with Crippen LogP contribution in [0.5, 0.6) is 0 Å². The fraction of sp³-hybridized carbons (Fsp3) is 0.500. The first-order valence-corrected chi connectivity index (χ1v) is 8.83. The molecule has 116 valence electrons. The van der Waals surface area contributed by atoms with Crippen molar-refractivity contribution in [2.45, 2.75) is 31.3 Å². The first-order chi connectivity index (χ1) is 9.90. The summed E-state index contributed by atoms with van der Waals surface area (Å²) < 4.78 is 26.2. The van der Waals surface area contributed by atoms with E-state index in [1.807, 2.05) is 0 Å². The molecule has 2 rings (SSSR count). The number of hydrogen-bond donors (Lipinski definition) is 1. The van der Waals surface area contributed by atoms with E-state index in [0.717, 1.165) is 23.1 Å². The molecule has 0 amide bonds. The van der Waals surface area contributed by atoms with Gasteiger partial charge in [0, 0.05) is 25.2 Å². The molecule has 1 saturated heterocycles. The van der Waals surface area contributed by atoms with Crippen LogP contribution in [0.1, 0.15) is 20.3 Å². The molecule has 1 atom stereocenters. The molecule has 0 spiro atoms. The van der Waals surface area contributed by atoms with Crippen molar-refractivity contribution in [3.63, 3.8) is 0 Å². The van der Waals surface area contributed by atoms with Crippen LogP contribution in [0, 0.1) is 0 Å². The molecular formula is C14H20N2O3S2. The van der Waals surface area contributed by atoms with E-state index < -0.39 is 16.1 Å². The van der Waals surface area contributed by atoms with Gasteiger partial charge < -0.3 is 10.0 Å². The Kier molecular flexibility index (Phi) is 4.85. The molecule has 5 nitrogen and oxygen atoms in total. The molecule has 21 heavy (non-hydrogen) atoms. The second-order valence-corrected chi connectivity index (χ2v) is 7.29. The molecule has 1 unspecified atom stereocenters. The SMILES string of the molecule is CCN(CC)c1ccc(S(=O)(=O)N2CC(O)CC2=S)cc1. The molecule has 1 N–H and O–H groups in total. The smallest absolute Gasteiger partial charge is 0.264 e. The van der Waals surface area contributed by atoms with E-state index in [1.165, 1.54) is 0 Å². The third-order valence-electron chi connectivity index (χ3n) is 3.62. The molecule has 1 aromatic carbocycles. The Morgan fingerprint density at radius 2 is 1.86 bits per heavy atom. The monoisotopic (exact) mass is 328 g/mol. The van der Waals surface area contributed by atoms with Crippen molar-refractivity contribution in [2.24, 2.45) is 0 Å². The number of aliphatic hydroxyl groups excluding tert-OH is 1. The van der Waals surface area contributed by atoms with Crippen LogP contribution >= 0.6 is 12.2 Å². The van der Waals surface area contributed by atoms with Gasteiger partial charge in [0.25, 0.3) is 10.0 Å². The predicted octanol–water partition coefficient (Wildman–Crippen LogP) is 1.62. The lowest BCUT2D eigenvalue weighted by molar-refractivity contribution is 0.190. The zero-order valence-corrected chi connectivity index (χ0v) is 13.8. The van der Waals surface area contributed by atoms with Crippen molar-refractivity contribution < 1.29 is 13.5 Å². The molecule has 0 radical (unpaired) electrons. The third-order valence-corrected chi connectivity index (χ3v) is 5.94. The van der Waals surface area contributed by atoms with Crippen LogP contribution in [0.4, 0.5) is 5.69 Å². The highest BCUT2D eigenvalue weighted by Crippen LogP contribution is 2.25. The number of β-amino-alcohol motifs (C(OH)–C–C–N with tert-alkyl or cyclic N) is 1. The van der Waals surface area contributed by atoms with Gasteiger partial charge in [0.15, 0.2) is 0 Å². The summed E-state index contributed by atoms with van der Waals surface area (Å²) in [6, 6.07) is 6.79. The predicted molar refractivity (Wildman–Crippen MR) is 87.1 cm³/mol. The van der Waals surface area contributed by atoms with Crippen LogP contribution in [0.2, 0.25) is 0 Å². The van der Waals surface area contributed by atoms with Crippen LogP contribution in [0.15, 0.2) is 29.2 Å². The maximum Gasteiger partial charge on any atom is 0.264 e. The summed E-state index contributed by atoms with van der Waals surface area (Å²) >= 11 is 5.05. The molecule has 0 aromatic heterocycles. The molecule has 1 heterocycles. The molecule has 7 heteroatoms. The minimum atomic E-state index is -3.66. The van der Waals surface area contributed by atoms with E-state index in [2.05, 4.69) is 18.7 Å². The lowest BCUT2D eigenvalue weighted by Gasteiger charge is -2.22. The summed E-state index contributed by atoms with van der Waals surface area (Å²) in [7, 11) is -3.66. The van der Waals surface area contributed by atoms with Gasteiger partial charge >= 0.3 is 0 Å². The van der Waals surface area contributed by atoms with Crippen molar-refractivity contribution in [1.82, 2.24) is 4.31 Å². The van der Waals surface area contributed by atoms with Gasteiger partial charge in [0.05, 0.1) is 22.5 Å². The topological polar surface area (TPSA) is 60.9 Å². The molecule has 0 bridgehead atoms. The highest BCUT2D eigenvalue weighted by molar-refractivity contribution is 7.91. The minimum absolute atomic E-state index is 0.0406. The minimum Gasteiger partial charge on any atom is -0.391 e. The number of rotatable bonds is 5. The Bertz CT molecular complexity index is 610. The van der Waals surface area contributed by atoms with E-state index in [1.54, 1.807) is 24.3 Å². The van der Waals surface area contributed by atoms with E-state index >= 15 is 0 Å². The van der Waals surface area contributed by atoms with Gasteiger partial charge in [-0.3, -0.25) is 4.31 Å². The van der Waals surface area contributed by atoms with Crippen LogP contribution in [-0.4, -0.2) is 48.6 Å². The van der Waals surface area contributed by atoms with Crippen LogP contribution in [0.25, 0.3) is 0 Å². The van der Waals surface area contributed by atoms with Crippen molar-refractivity contribution in [3.8, 4) is 0 Å². The average Bonchev–Trinajstić information content (AvgIpc) is 2.80. The zero-order valence-electron chi connectivity index (χ0n) is 12.2. The maximum absolute atomic E-state index is 12.5. The van der Waals surface area contributed by atoms with Crippen molar-refractivity contribution in [3.05, 3.63) is 24.3 Å². The number of nitrogens with zero attached hydrogens (tertiary/aromatic N) is 2. The quantitative estimate of drug-likeness (QED) is 0.832. The summed E-state index contributed by atoms with van der Waals surface area (Å²) in [6.45, 7) is 5.88. The van der Waals surface area contributed by atoms with Gasteiger partial charge in [0.2, 0.25) is 0 Å². The Morgan fingerprint density at radius 3 is 2.29 bits per heavy atom. The average molecular weight is 328 g/mol. The number of sulfonamides is 1. The van der Waals surface area contributed by atoms with E-state index in [4.69, 9.17) is 12.2 Å². The first-order valence-electron chi connectivity index (χ1n) is 6.98. The fourth-order valence-corrected chi connectivity index (χ4v) is 4.45. The van der Waals surface area contributed by atoms with Gasteiger partial charge in [-0.2, -0.15) is 0 Å². The molecule has 0 saturated carbocycles. The number of benzene rings is 1. The fourth-order valence-electron chi connectivity index (χ4n) is 2.44. The number of aliphatic hydroxyl groups is 1. The van der Waals surface area contributed by atoms with Gasteiger partial charge in [-0.25, -0.2) is 8.42 Å². The van der Waals surface area contributed by atoms with Crippen LogP contribution in [-0.2, 0) is 10.0 Å². The second kappa shape index (κ2) is 6.29. The van der Waals surface area contributed by atoms with E-state index in [0.29, 0.717) is 0 Å². The Labute approximate surface area is 131 Å². The van der Waals surface area contributed by atoms with Crippen molar-refractivity contribution in [2.75, 3.05) is 24.5 Å².